The molecule has 36 heavy (non-hydrogen) atoms. The number of sulfonamides is 1. The van der Waals surface area contributed by atoms with Crippen LogP contribution in [0.15, 0.2) is 59.8 Å². The molecule has 0 radical (unpaired) electrons. The van der Waals surface area contributed by atoms with Crippen LogP contribution in [0.4, 0.5) is 5.69 Å². The number of amides is 2. The van der Waals surface area contributed by atoms with Gasteiger partial charge in [0.15, 0.2) is 0 Å². The van der Waals surface area contributed by atoms with Gasteiger partial charge in [-0.3, -0.25) is 14.6 Å². The monoisotopic (exact) mass is 507 g/mol. The number of rotatable bonds is 7. The summed E-state index contributed by atoms with van der Waals surface area (Å²) < 4.78 is 34.8. The molecule has 8 nitrogen and oxygen atoms in total. The Bertz CT molecular complexity index is 1390. The number of ether oxygens (including phenoxy) is 1. The Labute approximate surface area is 211 Å². The highest BCUT2D eigenvalue weighted by Gasteiger charge is 2.47. The van der Waals surface area contributed by atoms with Gasteiger partial charge < -0.3 is 4.74 Å². The number of hydrogen-bond acceptors (Lipinski definition) is 6. The Kier molecular flexibility index (Phi) is 6.97. The summed E-state index contributed by atoms with van der Waals surface area (Å²) in [4.78, 5) is 32.0. The number of carbonyl (C=O) groups excluding carboxylic acids is 2. The first kappa shape index (κ1) is 25.5. The van der Waals surface area contributed by atoms with Crippen molar-refractivity contribution in [2.45, 2.75) is 51.6 Å². The highest BCUT2D eigenvalue weighted by atomic mass is 32.2. The highest BCUT2D eigenvalue weighted by molar-refractivity contribution is 7.89. The first-order chi connectivity index (χ1) is 17.1. The van der Waals surface area contributed by atoms with E-state index in [4.69, 9.17) is 4.74 Å². The topological polar surface area (TPSA) is 96.9 Å². The number of imide groups is 1. The molecule has 188 valence electrons. The molecule has 0 aliphatic carbocycles. The molecule has 3 aromatic rings. The molecule has 0 saturated carbocycles. The van der Waals surface area contributed by atoms with E-state index in [0.717, 1.165) is 20.3 Å². The number of hydrogen-bond donors (Lipinski definition) is 0. The van der Waals surface area contributed by atoms with Crippen molar-refractivity contribution in [1.82, 2.24) is 9.29 Å². The van der Waals surface area contributed by atoms with Crippen molar-refractivity contribution in [2.75, 3.05) is 12.0 Å². The van der Waals surface area contributed by atoms with E-state index < -0.39 is 27.9 Å². The summed E-state index contributed by atoms with van der Waals surface area (Å²) in [5.74, 6) is -0.469. The molecule has 1 unspecified atom stereocenters. The van der Waals surface area contributed by atoms with Gasteiger partial charge in [0.25, 0.3) is 5.91 Å². The van der Waals surface area contributed by atoms with Crippen LogP contribution in [0.5, 0.6) is 5.75 Å². The molecule has 1 atom stereocenters. The minimum absolute atomic E-state index is 0.0951. The number of benzene rings is 2. The number of nitrogens with zero attached hydrogens (tertiary/aromatic N) is 3. The van der Waals surface area contributed by atoms with Crippen molar-refractivity contribution >= 4 is 27.5 Å². The number of carbonyl (C=O) groups is 2. The van der Waals surface area contributed by atoms with Crippen LogP contribution in [0.2, 0.25) is 0 Å². The first-order valence-electron chi connectivity index (χ1n) is 11.5. The van der Waals surface area contributed by atoms with E-state index in [1.54, 1.807) is 62.6 Å². The molecule has 0 N–H and O–H groups in total. The number of aryl methyl sites for hydroxylation is 2. The van der Waals surface area contributed by atoms with Crippen molar-refractivity contribution in [3.8, 4) is 5.75 Å². The standard InChI is InChI=1S/C27H29N3O5S/c1-17-13-18(2)20(4)26(19(17)3)36(33,34)29(16-21-7-6-12-28-15-21)24-14-25(31)30(27(24)32)22-8-10-23(35-5)11-9-22/h6-13,15,24H,14,16H2,1-5H3. The Morgan fingerprint density at radius 1 is 1.03 bits per heavy atom. The second-order valence-corrected chi connectivity index (χ2v) is 10.8. The average Bonchev–Trinajstić information content (AvgIpc) is 3.15. The van der Waals surface area contributed by atoms with E-state index in [9.17, 15) is 18.0 Å². The van der Waals surface area contributed by atoms with Crippen LogP contribution >= 0.6 is 0 Å². The van der Waals surface area contributed by atoms with E-state index >= 15 is 0 Å². The van der Waals surface area contributed by atoms with Gasteiger partial charge in [0.2, 0.25) is 15.9 Å². The molecule has 2 aromatic carbocycles. The summed E-state index contributed by atoms with van der Waals surface area (Å²) in [6.07, 6.45) is 2.90. The molecule has 1 aliphatic rings. The lowest BCUT2D eigenvalue weighted by molar-refractivity contribution is -0.122. The van der Waals surface area contributed by atoms with E-state index in [2.05, 4.69) is 4.98 Å². The molecule has 9 heteroatoms. The van der Waals surface area contributed by atoms with Gasteiger partial charge in [-0.25, -0.2) is 13.3 Å². The molecule has 1 aromatic heterocycles. The normalized spacial score (nSPS) is 16.2. The lowest BCUT2D eigenvalue weighted by Gasteiger charge is -2.29. The fraction of sp³-hybridized carbons (Fsp3) is 0.296. The van der Waals surface area contributed by atoms with Gasteiger partial charge in [-0.05, 0) is 85.8 Å². The van der Waals surface area contributed by atoms with E-state index in [-0.39, 0.29) is 17.9 Å². The third-order valence-corrected chi connectivity index (χ3v) is 8.86. The fourth-order valence-corrected chi connectivity index (χ4v) is 6.71. The predicted octanol–water partition coefficient (Wildman–Crippen LogP) is 3.85. The molecule has 2 heterocycles. The summed E-state index contributed by atoms with van der Waals surface area (Å²) in [7, 11) is -2.65. The molecule has 0 bridgehead atoms. The molecule has 1 saturated heterocycles. The molecule has 2 amide bonds. The van der Waals surface area contributed by atoms with Gasteiger partial charge in [-0.1, -0.05) is 12.1 Å². The SMILES string of the molecule is COc1ccc(N2C(=O)CC(N(Cc3cccnc3)S(=O)(=O)c3c(C)c(C)cc(C)c3C)C2=O)cc1. The van der Waals surface area contributed by atoms with Crippen LogP contribution in [-0.4, -0.2) is 42.7 Å². The zero-order valence-corrected chi connectivity index (χ0v) is 21.8. The summed E-state index contributed by atoms with van der Waals surface area (Å²) in [5, 5.41) is 0. The minimum Gasteiger partial charge on any atom is -0.497 e. The van der Waals surface area contributed by atoms with Crippen molar-refractivity contribution < 1.29 is 22.7 Å². The van der Waals surface area contributed by atoms with Gasteiger partial charge in [0.05, 0.1) is 24.1 Å². The number of methoxy groups -OCH3 is 1. The Morgan fingerprint density at radius 2 is 1.67 bits per heavy atom. The summed E-state index contributed by atoms with van der Waals surface area (Å²) >= 11 is 0. The smallest absolute Gasteiger partial charge is 0.252 e. The predicted molar refractivity (Wildman–Crippen MR) is 136 cm³/mol. The number of pyridine rings is 1. The summed E-state index contributed by atoms with van der Waals surface area (Å²) in [6, 6.07) is 10.7. The molecule has 1 fully saturated rings. The summed E-state index contributed by atoms with van der Waals surface area (Å²) in [5.41, 5.74) is 3.91. The van der Waals surface area contributed by atoms with Crippen LogP contribution in [0.1, 0.15) is 34.2 Å². The van der Waals surface area contributed by atoms with Crippen molar-refractivity contribution in [2.24, 2.45) is 0 Å². The first-order valence-corrected chi connectivity index (χ1v) is 13.0. The van der Waals surface area contributed by atoms with Crippen molar-refractivity contribution in [1.29, 1.82) is 0 Å². The Morgan fingerprint density at radius 3 is 2.22 bits per heavy atom. The van der Waals surface area contributed by atoms with Crippen LogP contribution in [0.25, 0.3) is 0 Å². The quantitative estimate of drug-likeness (QED) is 0.451. The van der Waals surface area contributed by atoms with Crippen molar-refractivity contribution in [3.05, 3.63) is 82.7 Å². The Hall–Kier alpha value is -3.56. The molecular formula is C27H29N3O5S. The average molecular weight is 508 g/mol. The van der Waals surface area contributed by atoms with Gasteiger partial charge in [-0.15, -0.1) is 0 Å². The van der Waals surface area contributed by atoms with Crippen LogP contribution in [0.3, 0.4) is 0 Å². The third kappa shape index (κ3) is 4.52. The summed E-state index contributed by atoms with van der Waals surface area (Å²) in [6.45, 7) is 7.16. The van der Waals surface area contributed by atoms with Crippen LogP contribution < -0.4 is 9.64 Å². The van der Waals surface area contributed by atoms with Crippen molar-refractivity contribution in [3.63, 3.8) is 0 Å². The maximum absolute atomic E-state index is 14.3. The van der Waals surface area contributed by atoms with Gasteiger partial charge in [-0.2, -0.15) is 4.31 Å². The maximum Gasteiger partial charge on any atom is 0.252 e. The van der Waals surface area contributed by atoms with Crippen LogP contribution in [0, 0.1) is 27.7 Å². The maximum atomic E-state index is 14.3. The lowest BCUT2D eigenvalue weighted by Crippen LogP contribution is -2.45. The second kappa shape index (κ2) is 9.83. The van der Waals surface area contributed by atoms with Gasteiger partial charge in [0.1, 0.15) is 11.8 Å². The molecule has 0 spiro atoms. The fourth-order valence-electron chi connectivity index (χ4n) is 4.56. The number of anilines is 1. The molecular weight excluding hydrogens is 478 g/mol. The minimum atomic E-state index is -4.18. The zero-order valence-electron chi connectivity index (χ0n) is 21.0. The van der Waals surface area contributed by atoms with E-state index in [1.807, 2.05) is 19.9 Å². The van der Waals surface area contributed by atoms with Crippen LogP contribution in [-0.2, 0) is 26.2 Å². The zero-order chi connectivity index (χ0) is 26.2. The largest absolute Gasteiger partial charge is 0.497 e. The second-order valence-electron chi connectivity index (χ2n) is 8.99. The third-order valence-electron chi connectivity index (χ3n) is 6.73. The lowest BCUT2D eigenvalue weighted by atomic mass is 10.0. The van der Waals surface area contributed by atoms with E-state index in [1.165, 1.54) is 7.11 Å². The number of aromatic nitrogens is 1. The highest BCUT2D eigenvalue weighted by Crippen LogP contribution is 2.34. The molecule has 4 rings (SSSR count). The van der Waals surface area contributed by atoms with Gasteiger partial charge in [0, 0.05) is 18.9 Å². The van der Waals surface area contributed by atoms with E-state index in [0.29, 0.717) is 28.1 Å². The van der Waals surface area contributed by atoms with Gasteiger partial charge >= 0.3 is 0 Å². The molecule has 1 aliphatic heterocycles. The Balaban J connectivity index is 1.82.